The molecule has 0 atom stereocenters. The Kier molecular flexibility index (Phi) is 36.3. The van der Waals surface area contributed by atoms with E-state index in [1.165, 1.54) is 264 Å². The Labute approximate surface area is 310 Å². The number of unbranched alkanes of at least 4 members (excludes halogenated alkanes) is 35. The Morgan fingerprint density at radius 2 is 0.633 bits per heavy atom. The van der Waals surface area contributed by atoms with Gasteiger partial charge in [-0.1, -0.05) is 233 Å². The van der Waals surface area contributed by atoms with Crippen molar-refractivity contribution in [2.45, 2.75) is 284 Å². The van der Waals surface area contributed by atoms with E-state index in [0.29, 0.717) is 0 Å². The van der Waals surface area contributed by atoms with Gasteiger partial charge in [-0.3, -0.25) is 0 Å². The van der Waals surface area contributed by atoms with Crippen molar-refractivity contribution in [3.63, 3.8) is 0 Å². The highest BCUT2D eigenvalue weighted by molar-refractivity contribution is 4.84. The van der Waals surface area contributed by atoms with Gasteiger partial charge in [0.2, 0.25) is 0 Å². The molecule has 0 saturated carbocycles. The molecule has 290 valence electrons. The lowest BCUT2D eigenvalue weighted by molar-refractivity contribution is -0.704. The van der Waals surface area contributed by atoms with Gasteiger partial charge in [-0.2, -0.15) is 0 Å². The first-order valence-electron chi connectivity index (χ1n) is 23.4. The van der Waals surface area contributed by atoms with E-state index in [-0.39, 0.29) is 0 Å². The highest BCUT2D eigenvalue weighted by atomic mass is 15.1. The van der Waals surface area contributed by atoms with Crippen LogP contribution in [0.1, 0.15) is 271 Å². The summed E-state index contributed by atoms with van der Waals surface area (Å²) in [6, 6.07) is 0. The van der Waals surface area contributed by atoms with Crippen molar-refractivity contribution < 1.29 is 4.57 Å². The fourth-order valence-corrected chi connectivity index (χ4v) is 7.92. The first-order valence-corrected chi connectivity index (χ1v) is 23.4. The molecule has 0 spiro atoms. The monoisotopic (exact) mass is 686 g/mol. The van der Waals surface area contributed by atoms with Crippen molar-refractivity contribution >= 4 is 0 Å². The Hall–Kier alpha value is -0.790. The van der Waals surface area contributed by atoms with E-state index in [0.717, 1.165) is 0 Å². The van der Waals surface area contributed by atoms with E-state index < -0.39 is 0 Å². The highest BCUT2D eigenvalue weighted by Gasteiger charge is 2.16. The molecule has 0 aliphatic rings. The van der Waals surface area contributed by atoms with Gasteiger partial charge in [-0.25, -0.2) is 9.13 Å². The van der Waals surface area contributed by atoms with Gasteiger partial charge < -0.3 is 0 Å². The topological polar surface area (TPSA) is 8.81 Å². The zero-order chi connectivity index (χ0) is 35.1. The van der Waals surface area contributed by atoms with Crippen LogP contribution in [0.15, 0.2) is 12.4 Å². The molecule has 0 fully saturated rings. The number of imidazole rings is 1. The van der Waals surface area contributed by atoms with E-state index in [4.69, 9.17) is 0 Å². The fraction of sp³-hybridized carbons (Fsp3) is 0.936. The van der Waals surface area contributed by atoms with Crippen molar-refractivity contribution in [1.29, 1.82) is 0 Å². The average molecular weight is 686 g/mol. The van der Waals surface area contributed by atoms with Crippen LogP contribution < -0.4 is 4.57 Å². The van der Waals surface area contributed by atoms with Crippen molar-refractivity contribution in [2.24, 2.45) is 0 Å². The van der Waals surface area contributed by atoms with Gasteiger partial charge in [-0.05, 0) is 32.1 Å². The molecule has 2 nitrogen and oxygen atoms in total. The number of nitrogens with zero attached hydrogens (tertiary/aromatic N) is 2. The predicted octanol–water partition coefficient (Wildman–Crippen LogP) is 16.2. The van der Waals surface area contributed by atoms with Gasteiger partial charge in [0.25, 0.3) is 5.82 Å². The number of hydrogen-bond donors (Lipinski definition) is 0. The smallest absolute Gasteiger partial charge is 0.234 e. The van der Waals surface area contributed by atoms with Gasteiger partial charge in [0.05, 0.1) is 13.1 Å². The molecule has 0 aromatic carbocycles. The minimum absolute atomic E-state index is 1.23. The first-order chi connectivity index (χ1) is 24.3. The average Bonchev–Trinajstić information content (AvgIpc) is 3.50. The van der Waals surface area contributed by atoms with Crippen LogP contribution in [0, 0.1) is 0 Å². The van der Waals surface area contributed by atoms with Crippen molar-refractivity contribution in [3.05, 3.63) is 18.2 Å². The molecular formula is C47H93N2+. The Balaban J connectivity index is 2.23. The molecule has 49 heavy (non-hydrogen) atoms. The van der Waals surface area contributed by atoms with Gasteiger partial charge in [0, 0.05) is 6.42 Å². The number of aryl methyl sites for hydroxylation is 2. The van der Waals surface area contributed by atoms with Crippen molar-refractivity contribution in [3.8, 4) is 0 Å². The van der Waals surface area contributed by atoms with E-state index >= 15 is 0 Å². The summed E-state index contributed by atoms with van der Waals surface area (Å²) in [6.45, 7) is 9.41. The van der Waals surface area contributed by atoms with Gasteiger partial charge in [0.1, 0.15) is 12.4 Å². The molecule has 1 aromatic heterocycles. The van der Waals surface area contributed by atoms with Gasteiger partial charge in [-0.15, -0.1) is 0 Å². The molecule has 0 N–H and O–H groups in total. The maximum atomic E-state index is 2.65. The summed E-state index contributed by atoms with van der Waals surface area (Å²) >= 11 is 0. The van der Waals surface area contributed by atoms with E-state index in [9.17, 15) is 0 Å². The Bertz CT molecular complexity index is 751. The molecule has 0 amide bonds. The maximum Gasteiger partial charge on any atom is 0.256 e. The molecule has 2 heteroatoms. The number of hydrogen-bond acceptors (Lipinski definition) is 0. The number of rotatable bonds is 41. The van der Waals surface area contributed by atoms with Crippen LogP contribution in [0.25, 0.3) is 0 Å². The largest absolute Gasteiger partial charge is 0.256 e. The van der Waals surface area contributed by atoms with Crippen molar-refractivity contribution in [1.82, 2.24) is 4.57 Å². The summed E-state index contributed by atoms with van der Waals surface area (Å²) in [5.41, 5.74) is 0. The molecule has 0 saturated heterocycles. The van der Waals surface area contributed by atoms with Crippen molar-refractivity contribution in [2.75, 3.05) is 0 Å². The Morgan fingerprint density at radius 3 is 0.980 bits per heavy atom. The lowest BCUT2D eigenvalue weighted by atomic mass is 10.0. The van der Waals surface area contributed by atoms with Crippen LogP contribution in [0.3, 0.4) is 0 Å². The number of aromatic nitrogens is 2. The van der Waals surface area contributed by atoms with Crippen LogP contribution >= 0.6 is 0 Å². The van der Waals surface area contributed by atoms with Crippen LogP contribution in [0.5, 0.6) is 0 Å². The minimum atomic E-state index is 1.23. The molecular weight excluding hydrogens is 593 g/mol. The molecule has 0 aliphatic carbocycles. The first kappa shape index (κ1) is 46.2. The minimum Gasteiger partial charge on any atom is -0.234 e. The molecule has 1 heterocycles. The van der Waals surface area contributed by atoms with E-state index in [1.54, 1.807) is 5.82 Å². The zero-order valence-electron chi connectivity index (χ0n) is 34.5. The van der Waals surface area contributed by atoms with Crippen LogP contribution in [0.4, 0.5) is 0 Å². The standard InChI is InChI=1S/C47H93N2/c1-4-7-10-13-16-19-21-23-24-25-26-27-29-32-35-38-41-44-49-46-45-48(43-40-37-34-31-18-15-12-9-6-3)47(49)42-39-36-33-30-28-22-20-17-14-11-8-5-2/h45-46H,4-44H2,1-3H3/q+1. The third-order valence-electron chi connectivity index (χ3n) is 11.3. The van der Waals surface area contributed by atoms with Crippen LogP contribution in [-0.4, -0.2) is 4.57 Å². The second kappa shape index (κ2) is 38.4. The molecule has 1 rings (SSSR count). The summed E-state index contributed by atoms with van der Waals surface area (Å²) < 4.78 is 5.30. The molecule has 1 aromatic rings. The summed E-state index contributed by atoms with van der Waals surface area (Å²) in [7, 11) is 0. The molecule has 0 bridgehead atoms. The second-order valence-electron chi connectivity index (χ2n) is 16.2. The summed E-state index contributed by atoms with van der Waals surface area (Å²) in [5, 5.41) is 0. The Morgan fingerprint density at radius 1 is 0.347 bits per heavy atom. The van der Waals surface area contributed by atoms with E-state index in [2.05, 4.69) is 42.3 Å². The third kappa shape index (κ3) is 30.5. The van der Waals surface area contributed by atoms with Crippen LogP contribution in [-0.2, 0) is 19.5 Å². The van der Waals surface area contributed by atoms with Gasteiger partial charge in [0.15, 0.2) is 0 Å². The molecule has 0 aliphatic heterocycles. The fourth-order valence-electron chi connectivity index (χ4n) is 7.92. The normalized spacial score (nSPS) is 11.7. The SMILES string of the molecule is CCCCCCCCCCCCCCCCCCC[n+]1ccn(CCCCCCCCCCC)c1CCCCCCCCCCCCCC. The van der Waals surface area contributed by atoms with Crippen LogP contribution in [0.2, 0.25) is 0 Å². The quantitative estimate of drug-likeness (QED) is 0.0479. The molecule has 0 radical (unpaired) electrons. The summed E-state index contributed by atoms with van der Waals surface area (Å²) in [4.78, 5) is 0. The summed E-state index contributed by atoms with van der Waals surface area (Å²) in [5.74, 6) is 1.63. The third-order valence-corrected chi connectivity index (χ3v) is 11.3. The lowest BCUT2D eigenvalue weighted by Gasteiger charge is -2.07. The molecule has 0 unspecified atom stereocenters. The van der Waals surface area contributed by atoms with E-state index in [1.807, 2.05) is 0 Å². The second-order valence-corrected chi connectivity index (χ2v) is 16.2. The maximum absolute atomic E-state index is 2.65. The summed E-state index contributed by atoms with van der Waals surface area (Å²) in [6.07, 6.45) is 60.8. The highest BCUT2D eigenvalue weighted by Crippen LogP contribution is 2.16. The predicted molar refractivity (Wildman–Crippen MR) is 221 cm³/mol. The van der Waals surface area contributed by atoms with Gasteiger partial charge >= 0.3 is 0 Å². The lowest BCUT2D eigenvalue weighted by Crippen LogP contribution is -2.37. The zero-order valence-corrected chi connectivity index (χ0v) is 34.5.